The van der Waals surface area contributed by atoms with Gasteiger partial charge in [-0.2, -0.15) is 0 Å². The van der Waals surface area contributed by atoms with Crippen LogP contribution in [0.4, 0.5) is 8.78 Å². The third-order valence-electron chi connectivity index (χ3n) is 6.61. The second kappa shape index (κ2) is 11.0. The maximum absolute atomic E-state index is 14.0. The molecule has 2 saturated heterocycles. The van der Waals surface area contributed by atoms with Crippen molar-refractivity contribution in [3.8, 4) is 0 Å². The van der Waals surface area contributed by atoms with Crippen molar-refractivity contribution in [2.24, 2.45) is 5.92 Å². The zero-order valence-electron chi connectivity index (χ0n) is 18.5. The van der Waals surface area contributed by atoms with E-state index in [0.717, 1.165) is 56.5 Å². The molecule has 0 saturated carbocycles. The predicted octanol–water partition coefficient (Wildman–Crippen LogP) is 4.43. The average Bonchev–Trinajstić information content (AvgIpc) is 3.31. The molecule has 32 heavy (non-hydrogen) atoms. The van der Waals surface area contributed by atoms with Gasteiger partial charge in [-0.3, -0.25) is 9.69 Å². The summed E-state index contributed by atoms with van der Waals surface area (Å²) in [6.45, 7) is 4.53. The molecule has 2 aromatic rings. The topological polar surface area (TPSA) is 32.8 Å². The molecular weight excluding hydrogens is 410 g/mol. The Morgan fingerprint density at radius 3 is 2.44 bits per heavy atom. The molecule has 0 aliphatic carbocycles. The first-order chi connectivity index (χ1) is 15.6. The number of carbonyl (C=O) groups is 1. The van der Waals surface area contributed by atoms with E-state index in [-0.39, 0.29) is 30.1 Å². The predicted molar refractivity (Wildman–Crippen MR) is 120 cm³/mol. The fourth-order valence-corrected chi connectivity index (χ4v) is 4.71. The van der Waals surface area contributed by atoms with E-state index in [1.54, 1.807) is 18.2 Å². The molecule has 0 spiro atoms. The van der Waals surface area contributed by atoms with E-state index < -0.39 is 0 Å². The average molecular weight is 443 g/mol. The number of rotatable bonds is 8. The number of hydrogen-bond donors (Lipinski definition) is 0. The third-order valence-corrected chi connectivity index (χ3v) is 6.61. The zero-order valence-corrected chi connectivity index (χ0v) is 18.5. The second-order valence-electron chi connectivity index (χ2n) is 9.05. The molecule has 2 heterocycles. The minimum atomic E-state index is -0.292. The Hall–Kier alpha value is -2.31. The number of benzene rings is 2. The van der Waals surface area contributed by atoms with E-state index in [2.05, 4.69) is 4.90 Å². The van der Waals surface area contributed by atoms with Crippen LogP contribution in [0.25, 0.3) is 0 Å². The molecule has 4 nitrogen and oxygen atoms in total. The maximum atomic E-state index is 14.0. The fourth-order valence-electron chi connectivity index (χ4n) is 4.71. The van der Waals surface area contributed by atoms with Gasteiger partial charge >= 0.3 is 0 Å². The lowest BCUT2D eigenvalue weighted by Crippen LogP contribution is -2.44. The molecule has 6 heteroatoms. The molecule has 0 bridgehead atoms. The Bertz CT molecular complexity index is 876. The van der Waals surface area contributed by atoms with Crippen LogP contribution < -0.4 is 0 Å². The third kappa shape index (κ3) is 6.36. The van der Waals surface area contributed by atoms with Crippen LogP contribution >= 0.6 is 0 Å². The number of likely N-dealkylation sites (tertiary alicyclic amines) is 1. The molecule has 1 atom stereocenters. The molecule has 2 aromatic carbocycles. The zero-order chi connectivity index (χ0) is 22.3. The number of ether oxygens (including phenoxy) is 1. The van der Waals surface area contributed by atoms with Gasteiger partial charge in [0.25, 0.3) is 0 Å². The Morgan fingerprint density at radius 1 is 1.00 bits per heavy atom. The molecule has 1 amide bonds. The highest BCUT2D eigenvalue weighted by Gasteiger charge is 2.27. The summed E-state index contributed by atoms with van der Waals surface area (Å²) in [5.74, 6) is 0.0506. The van der Waals surface area contributed by atoms with Gasteiger partial charge in [-0.1, -0.05) is 30.3 Å². The van der Waals surface area contributed by atoms with Crippen molar-refractivity contribution in [1.29, 1.82) is 0 Å². The molecule has 2 aliphatic rings. The largest absolute Gasteiger partial charge is 0.376 e. The monoisotopic (exact) mass is 442 g/mol. The van der Waals surface area contributed by atoms with Crippen molar-refractivity contribution in [3.63, 3.8) is 0 Å². The minimum Gasteiger partial charge on any atom is -0.376 e. The minimum absolute atomic E-state index is 0.0703. The maximum Gasteiger partial charge on any atom is 0.227 e. The number of hydrogen-bond acceptors (Lipinski definition) is 3. The van der Waals surface area contributed by atoms with Crippen LogP contribution in [0.5, 0.6) is 0 Å². The van der Waals surface area contributed by atoms with Crippen molar-refractivity contribution in [1.82, 2.24) is 9.80 Å². The normalized spacial score (nSPS) is 19.9. The van der Waals surface area contributed by atoms with E-state index in [1.807, 2.05) is 17.0 Å². The van der Waals surface area contributed by atoms with Gasteiger partial charge in [0, 0.05) is 31.8 Å². The van der Waals surface area contributed by atoms with Crippen LogP contribution in [-0.4, -0.2) is 54.6 Å². The van der Waals surface area contributed by atoms with Gasteiger partial charge in [-0.05, 0) is 68.5 Å². The van der Waals surface area contributed by atoms with Crippen LogP contribution in [0.3, 0.4) is 0 Å². The van der Waals surface area contributed by atoms with Crippen LogP contribution in [0, 0.1) is 17.6 Å². The molecule has 172 valence electrons. The van der Waals surface area contributed by atoms with E-state index in [1.165, 1.54) is 18.2 Å². The summed E-state index contributed by atoms with van der Waals surface area (Å²) in [4.78, 5) is 17.4. The Balaban J connectivity index is 1.33. The van der Waals surface area contributed by atoms with Gasteiger partial charge in [0.1, 0.15) is 11.6 Å². The van der Waals surface area contributed by atoms with Crippen molar-refractivity contribution in [2.45, 2.75) is 44.8 Å². The lowest BCUT2D eigenvalue weighted by atomic mass is 9.95. The lowest BCUT2D eigenvalue weighted by molar-refractivity contribution is -0.133. The van der Waals surface area contributed by atoms with Crippen molar-refractivity contribution < 1.29 is 18.3 Å². The van der Waals surface area contributed by atoms with Gasteiger partial charge in [0.2, 0.25) is 5.91 Å². The smallest absolute Gasteiger partial charge is 0.227 e. The first kappa shape index (κ1) is 22.9. The van der Waals surface area contributed by atoms with Gasteiger partial charge in [-0.15, -0.1) is 0 Å². The van der Waals surface area contributed by atoms with Gasteiger partial charge in [-0.25, -0.2) is 8.78 Å². The first-order valence-electron chi connectivity index (χ1n) is 11.7. The molecule has 2 fully saturated rings. The molecule has 0 unspecified atom stereocenters. The molecular formula is C26H32F2N2O2. The Kier molecular flexibility index (Phi) is 7.87. The number of carbonyl (C=O) groups excluding carboxylic acids is 1. The number of nitrogens with zero attached hydrogens (tertiary/aromatic N) is 2. The van der Waals surface area contributed by atoms with Crippen molar-refractivity contribution in [3.05, 3.63) is 71.3 Å². The highest BCUT2D eigenvalue weighted by Crippen LogP contribution is 2.23. The molecule has 2 aliphatic heterocycles. The summed E-state index contributed by atoms with van der Waals surface area (Å²) < 4.78 is 33.0. The summed E-state index contributed by atoms with van der Waals surface area (Å²) in [5, 5.41) is 0. The van der Waals surface area contributed by atoms with E-state index in [0.29, 0.717) is 25.6 Å². The van der Waals surface area contributed by atoms with E-state index in [4.69, 9.17) is 4.74 Å². The highest BCUT2D eigenvalue weighted by atomic mass is 19.1. The van der Waals surface area contributed by atoms with Crippen molar-refractivity contribution in [2.75, 3.05) is 32.8 Å². The fraction of sp³-hybridized carbons (Fsp3) is 0.500. The van der Waals surface area contributed by atoms with Gasteiger partial charge in [0.05, 0.1) is 12.5 Å². The second-order valence-corrected chi connectivity index (χ2v) is 9.05. The first-order valence-corrected chi connectivity index (χ1v) is 11.7. The summed E-state index contributed by atoms with van der Waals surface area (Å²) in [5.41, 5.74) is 1.56. The number of halogens is 2. The standard InChI is InChI=1S/C26H32F2N2O2/c27-23-9-7-20(8-10-23)16-26(31)30(19-24-5-3-15-32-24)17-21-11-13-29(14-12-21)18-22-4-1-2-6-25(22)28/h1-2,4,6-10,21,24H,3,5,11-19H2/t24-/m0/s1. The molecule has 4 rings (SSSR count). The van der Waals surface area contributed by atoms with Gasteiger partial charge < -0.3 is 9.64 Å². The number of piperidine rings is 1. The summed E-state index contributed by atoms with van der Waals surface area (Å²) in [7, 11) is 0. The van der Waals surface area contributed by atoms with Gasteiger partial charge in [0.15, 0.2) is 0 Å². The SMILES string of the molecule is O=C(Cc1ccc(F)cc1)N(CC1CCN(Cc2ccccc2F)CC1)C[C@@H]1CCCO1. The Labute approximate surface area is 189 Å². The van der Waals surface area contributed by atoms with Crippen LogP contribution in [0.2, 0.25) is 0 Å². The van der Waals surface area contributed by atoms with E-state index in [9.17, 15) is 13.6 Å². The van der Waals surface area contributed by atoms with Crippen LogP contribution in [0.1, 0.15) is 36.8 Å². The summed E-state index contributed by atoms with van der Waals surface area (Å²) in [6.07, 6.45) is 4.38. The quantitative estimate of drug-likeness (QED) is 0.607. The Morgan fingerprint density at radius 2 is 1.75 bits per heavy atom. The lowest BCUT2D eigenvalue weighted by Gasteiger charge is -2.35. The molecule has 0 aromatic heterocycles. The molecule has 0 radical (unpaired) electrons. The number of amides is 1. The van der Waals surface area contributed by atoms with E-state index >= 15 is 0 Å². The van der Waals surface area contributed by atoms with Crippen LogP contribution in [-0.2, 0) is 22.5 Å². The summed E-state index contributed by atoms with van der Waals surface area (Å²) in [6, 6.07) is 13.1. The molecule has 0 N–H and O–H groups in total. The summed E-state index contributed by atoms with van der Waals surface area (Å²) >= 11 is 0. The van der Waals surface area contributed by atoms with Crippen LogP contribution in [0.15, 0.2) is 48.5 Å². The highest BCUT2D eigenvalue weighted by molar-refractivity contribution is 5.78. The van der Waals surface area contributed by atoms with Crippen molar-refractivity contribution >= 4 is 5.91 Å².